The molecule has 1 atom stereocenters. The summed E-state index contributed by atoms with van der Waals surface area (Å²) in [5.74, 6) is -1.07. The second kappa shape index (κ2) is 8.21. The summed E-state index contributed by atoms with van der Waals surface area (Å²) in [6.07, 6.45) is 0. The summed E-state index contributed by atoms with van der Waals surface area (Å²) in [5, 5.41) is 13.3. The summed E-state index contributed by atoms with van der Waals surface area (Å²) in [7, 11) is 1.48. The van der Waals surface area contributed by atoms with E-state index in [1.807, 2.05) is 0 Å². The largest absolute Gasteiger partial charge is 0.495 e. The molecule has 1 amide bonds. The molecule has 1 unspecified atom stereocenters. The van der Waals surface area contributed by atoms with E-state index in [-0.39, 0.29) is 22.0 Å². The second-order valence-corrected chi connectivity index (χ2v) is 8.22. The van der Waals surface area contributed by atoms with Crippen molar-refractivity contribution in [2.24, 2.45) is 0 Å². The number of methoxy groups -OCH3 is 1. The summed E-state index contributed by atoms with van der Waals surface area (Å²) < 4.78 is 5.20. The van der Waals surface area contributed by atoms with E-state index < -0.39 is 16.8 Å². The number of H-pyrrole nitrogens is 1. The molecular formula is C17H14ClN3O5S2. The molecule has 8 nitrogen and oxygen atoms in total. The number of benzene rings is 1. The number of hydrogen-bond acceptors (Lipinski definition) is 7. The van der Waals surface area contributed by atoms with Gasteiger partial charge in [0, 0.05) is 10.4 Å². The molecule has 0 aliphatic rings. The van der Waals surface area contributed by atoms with E-state index in [1.54, 1.807) is 25.1 Å². The number of nitrogens with zero attached hydrogens (tertiary/aromatic N) is 1. The zero-order chi connectivity index (χ0) is 20.4. The van der Waals surface area contributed by atoms with Crippen LogP contribution in [0.15, 0.2) is 33.5 Å². The average Bonchev–Trinajstić information content (AvgIpc) is 3.06. The van der Waals surface area contributed by atoms with Crippen LogP contribution in [0, 0.1) is 0 Å². The number of amides is 1. The maximum atomic E-state index is 12.5. The molecule has 2 heterocycles. The smallest absolute Gasteiger partial charge is 0.337 e. The molecule has 0 radical (unpaired) electrons. The Hall–Kier alpha value is -2.56. The minimum absolute atomic E-state index is 0.0302. The first kappa shape index (κ1) is 20.2. The van der Waals surface area contributed by atoms with Crippen LogP contribution in [-0.4, -0.2) is 39.3 Å². The lowest BCUT2D eigenvalue weighted by molar-refractivity contribution is -0.115. The van der Waals surface area contributed by atoms with Crippen LogP contribution in [0.5, 0.6) is 5.75 Å². The molecule has 146 valence electrons. The van der Waals surface area contributed by atoms with E-state index in [0.717, 1.165) is 23.1 Å². The Bertz CT molecular complexity index is 1130. The van der Waals surface area contributed by atoms with Crippen LogP contribution in [0.3, 0.4) is 0 Å². The van der Waals surface area contributed by atoms with Crippen molar-refractivity contribution in [1.82, 2.24) is 9.97 Å². The maximum absolute atomic E-state index is 12.5. The lowest BCUT2D eigenvalue weighted by atomic mass is 10.2. The van der Waals surface area contributed by atoms with Gasteiger partial charge < -0.3 is 20.1 Å². The highest BCUT2D eigenvalue weighted by Crippen LogP contribution is 2.30. The topological polar surface area (TPSA) is 121 Å². The van der Waals surface area contributed by atoms with Crippen LogP contribution in [0.2, 0.25) is 5.02 Å². The molecule has 0 bridgehead atoms. The van der Waals surface area contributed by atoms with Gasteiger partial charge in [-0.15, -0.1) is 11.3 Å². The number of thiophene rings is 1. The van der Waals surface area contributed by atoms with Crippen molar-refractivity contribution >= 4 is 62.5 Å². The molecule has 0 aliphatic carbocycles. The third-order valence-electron chi connectivity index (χ3n) is 3.73. The number of rotatable bonds is 6. The average molecular weight is 440 g/mol. The van der Waals surface area contributed by atoms with Crippen LogP contribution in [0.4, 0.5) is 5.69 Å². The Morgan fingerprint density at radius 3 is 2.86 bits per heavy atom. The van der Waals surface area contributed by atoms with Gasteiger partial charge in [-0.1, -0.05) is 23.4 Å². The van der Waals surface area contributed by atoms with Gasteiger partial charge >= 0.3 is 5.97 Å². The Labute approximate surface area is 171 Å². The molecule has 28 heavy (non-hydrogen) atoms. The molecule has 0 fully saturated rings. The number of aromatic amines is 1. The van der Waals surface area contributed by atoms with E-state index in [1.165, 1.54) is 12.5 Å². The number of anilines is 1. The number of carboxylic acids is 1. The fraction of sp³-hybridized carbons (Fsp3) is 0.176. The first-order valence-corrected chi connectivity index (χ1v) is 9.99. The molecular weight excluding hydrogens is 426 g/mol. The van der Waals surface area contributed by atoms with Crippen molar-refractivity contribution in [1.29, 1.82) is 0 Å². The van der Waals surface area contributed by atoms with Gasteiger partial charge in [0.2, 0.25) is 5.91 Å². The normalized spacial score (nSPS) is 12.0. The van der Waals surface area contributed by atoms with Gasteiger partial charge in [-0.05, 0) is 25.1 Å². The highest BCUT2D eigenvalue weighted by molar-refractivity contribution is 8.00. The fourth-order valence-electron chi connectivity index (χ4n) is 2.38. The van der Waals surface area contributed by atoms with Crippen molar-refractivity contribution in [2.45, 2.75) is 17.3 Å². The molecule has 3 rings (SSSR count). The molecule has 3 N–H and O–H groups in total. The predicted molar refractivity (Wildman–Crippen MR) is 109 cm³/mol. The van der Waals surface area contributed by atoms with Crippen LogP contribution >= 0.6 is 34.7 Å². The Kier molecular flexibility index (Phi) is 5.92. The molecule has 0 aliphatic heterocycles. The number of fused-ring (bicyclic) bond motifs is 1. The number of halogens is 1. The predicted octanol–water partition coefficient (Wildman–Crippen LogP) is 3.46. The molecule has 0 saturated carbocycles. The van der Waals surface area contributed by atoms with Gasteiger partial charge in [0.1, 0.15) is 10.6 Å². The maximum Gasteiger partial charge on any atom is 0.337 e. The molecule has 1 aromatic carbocycles. The number of carboxylic acid groups (broad SMARTS) is 1. The number of hydrogen-bond donors (Lipinski definition) is 3. The fourth-order valence-corrected chi connectivity index (χ4v) is 4.31. The summed E-state index contributed by atoms with van der Waals surface area (Å²) in [5.41, 5.74) is -0.229. The Morgan fingerprint density at radius 1 is 1.43 bits per heavy atom. The number of carbonyl (C=O) groups is 2. The molecule has 3 aromatic rings. The van der Waals surface area contributed by atoms with Gasteiger partial charge in [0.05, 0.1) is 29.0 Å². The first-order valence-electron chi connectivity index (χ1n) is 7.86. The van der Waals surface area contributed by atoms with Crippen LogP contribution in [0.1, 0.15) is 17.3 Å². The number of nitrogens with one attached hydrogen (secondary N) is 2. The van der Waals surface area contributed by atoms with E-state index in [0.29, 0.717) is 21.3 Å². The van der Waals surface area contributed by atoms with Crippen molar-refractivity contribution in [3.63, 3.8) is 0 Å². The Morgan fingerprint density at radius 2 is 2.18 bits per heavy atom. The van der Waals surface area contributed by atoms with E-state index in [4.69, 9.17) is 21.4 Å². The van der Waals surface area contributed by atoms with E-state index in [2.05, 4.69) is 15.3 Å². The minimum Gasteiger partial charge on any atom is -0.495 e. The van der Waals surface area contributed by atoms with Gasteiger partial charge in [-0.3, -0.25) is 9.59 Å². The van der Waals surface area contributed by atoms with Crippen molar-refractivity contribution < 1.29 is 19.4 Å². The zero-order valence-electron chi connectivity index (χ0n) is 14.6. The molecule has 11 heteroatoms. The summed E-state index contributed by atoms with van der Waals surface area (Å²) >= 11 is 8.06. The highest BCUT2D eigenvalue weighted by Gasteiger charge is 2.20. The van der Waals surface area contributed by atoms with Gasteiger partial charge in [-0.2, -0.15) is 0 Å². The number of aromatic carboxylic acids is 1. The SMILES string of the molecule is COc1ccc(Cl)cc1NC(=O)C(C)Sc1nc2scc(C(=O)O)c2c(=O)[nH]1. The molecule has 0 spiro atoms. The summed E-state index contributed by atoms with van der Waals surface area (Å²) in [4.78, 5) is 43.0. The minimum atomic E-state index is -1.19. The number of ether oxygens (including phenoxy) is 1. The second-order valence-electron chi connectivity index (χ2n) is 5.60. The summed E-state index contributed by atoms with van der Waals surface area (Å²) in [6, 6.07) is 4.85. The van der Waals surface area contributed by atoms with Crippen LogP contribution < -0.4 is 15.6 Å². The van der Waals surface area contributed by atoms with Crippen molar-refractivity contribution in [3.05, 3.63) is 44.5 Å². The third-order valence-corrected chi connectivity index (χ3v) is 5.82. The first-order chi connectivity index (χ1) is 13.3. The highest BCUT2D eigenvalue weighted by atomic mass is 35.5. The summed E-state index contributed by atoms with van der Waals surface area (Å²) in [6.45, 7) is 1.65. The van der Waals surface area contributed by atoms with Gasteiger partial charge in [0.15, 0.2) is 5.16 Å². The van der Waals surface area contributed by atoms with Gasteiger partial charge in [-0.25, -0.2) is 9.78 Å². The quantitative estimate of drug-likeness (QED) is 0.397. The lowest BCUT2D eigenvalue weighted by Crippen LogP contribution is -2.23. The molecule has 0 saturated heterocycles. The number of aromatic nitrogens is 2. The lowest BCUT2D eigenvalue weighted by Gasteiger charge is -2.14. The molecule has 2 aromatic heterocycles. The monoisotopic (exact) mass is 439 g/mol. The van der Waals surface area contributed by atoms with Gasteiger partial charge in [0.25, 0.3) is 5.56 Å². The van der Waals surface area contributed by atoms with Crippen LogP contribution in [-0.2, 0) is 4.79 Å². The number of thioether (sulfide) groups is 1. The van der Waals surface area contributed by atoms with Crippen molar-refractivity contribution in [3.8, 4) is 5.75 Å². The van der Waals surface area contributed by atoms with Crippen LogP contribution in [0.25, 0.3) is 10.2 Å². The number of carbonyl (C=O) groups excluding carboxylic acids is 1. The zero-order valence-corrected chi connectivity index (χ0v) is 17.0. The van der Waals surface area contributed by atoms with E-state index >= 15 is 0 Å². The van der Waals surface area contributed by atoms with E-state index in [9.17, 15) is 14.4 Å². The van der Waals surface area contributed by atoms with Crippen molar-refractivity contribution in [2.75, 3.05) is 12.4 Å². The standard InChI is InChI=1S/C17H14ClN3O5S2/c1-7(13(22)19-10-5-8(18)3-4-11(10)26-2)28-17-20-14(23)12-9(16(24)25)6-27-15(12)21-17/h3-7H,1-2H3,(H,19,22)(H,24,25)(H,20,21,23). The Balaban J connectivity index is 1.80. The third kappa shape index (κ3) is 4.13.